The van der Waals surface area contributed by atoms with Crippen molar-refractivity contribution in [2.75, 3.05) is 82.4 Å². The number of aryl methyl sites for hydroxylation is 1. The Hall–Kier alpha value is -4.90. The summed E-state index contributed by atoms with van der Waals surface area (Å²) in [5, 5.41) is 16.4. The molecule has 0 radical (unpaired) electrons. The quantitative estimate of drug-likeness (QED) is 0.154. The third kappa shape index (κ3) is 8.72. The Morgan fingerprint density at radius 3 is 2.22 bits per heavy atom. The molecule has 1 unspecified atom stereocenters. The zero-order valence-electron chi connectivity index (χ0n) is 34.5. The van der Waals surface area contributed by atoms with Crippen molar-refractivity contribution < 1.29 is 19.4 Å². The summed E-state index contributed by atoms with van der Waals surface area (Å²) in [6.07, 6.45) is 7.65. The van der Waals surface area contributed by atoms with Crippen molar-refractivity contribution in [2.24, 2.45) is 11.8 Å². The first-order valence-electron chi connectivity index (χ1n) is 22.1. The van der Waals surface area contributed by atoms with Crippen LogP contribution in [0.15, 0.2) is 91.0 Å². The minimum absolute atomic E-state index is 0.186. The van der Waals surface area contributed by atoms with Gasteiger partial charge in [-0.2, -0.15) is 0 Å². The van der Waals surface area contributed by atoms with Crippen LogP contribution in [0.2, 0.25) is 0 Å². The third-order valence-corrected chi connectivity index (χ3v) is 14.1. The molecule has 0 aromatic heterocycles. The highest BCUT2D eigenvalue weighted by Crippen LogP contribution is 2.47. The molecule has 0 bridgehead atoms. The number of anilines is 2. The zero-order chi connectivity index (χ0) is 40.3. The fourth-order valence-electron chi connectivity index (χ4n) is 10.9. The molecule has 3 saturated heterocycles. The van der Waals surface area contributed by atoms with Crippen molar-refractivity contribution >= 4 is 23.3 Å². The van der Waals surface area contributed by atoms with Gasteiger partial charge < -0.3 is 20.1 Å². The monoisotopic (exact) mass is 796 g/mol. The van der Waals surface area contributed by atoms with Crippen LogP contribution in [0.4, 0.5) is 16.2 Å². The van der Waals surface area contributed by atoms with Crippen molar-refractivity contribution in [1.82, 2.24) is 20.4 Å². The van der Waals surface area contributed by atoms with Crippen LogP contribution in [0.3, 0.4) is 0 Å². The van der Waals surface area contributed by atoms with E-state index in [-0.39, 0.29) is 24.3 Å². The molecule has 0 spiro atoms. The Morgan fingerprint density at radius 2 is 1.47 bits per heavy atom. The maximum absolute atomic E-state index is 12.6. The zero-order valence-corrected chi connectivity index (χ0v) is 34.5. The van der Waals surface area contributed by atoms with Gasteiger partial charge in [-0.3, -0.25) is 24.8 Å². The minimum atomic E-state index is -0.397. The first-order valence-corrected chi connectivity index (χ1v) is 22.1. The van der Waals surface area contributed by atoms with Gasteiger partial charge in [-0.25, -0.2) is 4.79 Å². The largest absolute Gasteiger partial charge is 0.508 e. The lowest BCUT2D eigenvalue weighted by Gasteiger charge is -2.43. The molecule has 2 aliphatic carbocycles. The molecule has 10 nitrogen and oxygen atoms in total. The number of piperazine rings is 2. The van der Waals surface area contributed by atoms with E-state index >= 15 is 0 Å². The summed E-state index contributed by atoms with van der Waals surface area (Å²) in [4.78, 5) is 33.9. The number of methoxy groups -OCH3 is 1. The van der Waals surface area contributed by atoms with E-state index in [2.05, 4.69) is 98.1 Å². The molecule has 5 aliphatic rings. The maximum Gasteiger partial charge on any atom is 0.328 e. The molecule has 4 aromatic rings. The van der Waals surface area contributed by atoms with Gasteiger partial charge in [-0.05, 0) is 108 Å². The van der Waals surface area contributed by atoms with E-state index in [1.165, 1.54) is 60.2 Å². The standard InChI is InChI=1S/C49H60N6O4/c1-59-46-30-37(14-20-45(46)55-23-21-47(57)51-49(55)58)44-33-53(24-22-50-44)32-39-10-6-5-9-38(39)31-52-25-27-54(28-26-52)40-15-11-35(12-16-40)48-42(34-7-3-2-4-8-34)18-13-36-29-41(56)17-19-43(36)48/h2-4,7-8,11-12,14-17,19-20,29-30,38-39,42,44,48,50,56H,5-6,9-10,13,18,21-28,31-33H2,1H3,(H,51,57,58)/t38-,39-,42+,44?,48-/m0/s1. The topological polar surface area (TPSA) is 101 Å². The Morgan fingerprint density at radius 1 is 0.729 bits per heavy atom. The minimum Gasteiger partial charge on any atom is -0.508 e. The van der Waals surface area contributed by atoms with Gasteiger partial charge in [0.2, 0.25) is 5.91 Å². The molecule has 3 N–H and O–H groups in total. The molecule has 310 valence electrons. The lowest BCUT2D eigenvalue weighted by molar-refractivity contribution is -0.120. The highest BCUT2D eigenvalue weighted by molar-refractivity contribution is 6.06. The first kappa shape index (κ1) is 39.6. The number of benzene rings is 4. The SMILES string of the molecule is COc1cc(C2CN(C[C@@H]3CCCC[C@H]3CN3CCN(c4ccc([C@@H]5c6ccc(O)cc6CC[C@@H]5c5ccccc5)cc4)CC3)CCN2)ccc1N1CCC(=O)NC1=O. The number of phenolic OH excluding ortho intramolecular Hbond substituents is 1. The first-order chi connectivity index (χ1) is 28.9. The van der Waals surface area contributed by atoms with E-state index < -0.39 is 6.03 Å². The summed E-state index contributed by atoms with van der Waals surface area (Å²) in [5.74, 6) is 2.88. The van der Waals surface area contributed by atoms with Crippen molar-refractivity contribution in [3.63, 3.8) is 0 Å². The van der Waals surface area contributed by atoms with Gasteiger partial charge in [0.05, 0.1) is 12.8 Å². The molecule has 10 heteroatoms. The fourth-order valence-corrected chi connectivity index (χ4v) is 10.9. The number of hydrogen-bond donors (Lipinski definition) is 3. The number of ether oxygens (including phenoxy) is 1. The lowest BCUT2D eigenvalue weighted by atomic mass is 9.69. The molecular formula is C49H60N6O4. The lowest BCUT2D eigenvalue weighted by Crippen LogP contribution is -2.51. The van der Waals surface area contributed by atoms with Crippen LogP contribution in [0.5, 0.6) is 11.5 Å². The van der Waals surface area contributed by atoms with E-state index in [1.54, 1.807) is 12.0 Å². The van der Waals surface area contributed by atoms with E-state index in [0.29, 0.717) is 35.6 Å². The molecule has 1 saturated carbocycles. The number of amides is 3. The Bertz CT molecular complexity index is 2090. The molecule has 5 atom stereocenters. The van der Waals surface area contributed by atoms with Gasteiger partial charge in [0.25, 0.3) is 0 Å². The number of nitrogens with zero attached hydrogens (tertiary/aromatic N) is 4. The van der Waals surface area contributed by atoms with E-state index in [1.807, 2.05) is 18.2 Å². The summed E-state index contributed by atoms with van der Waals surface area (Å²) in [5.41, 5.74) is 8.54. The van der Waals surface area contributed by atoms with Crippen molar-refractivity contribution in [3.8, 4) is 11.5 Å². The number of nitrogens with one attached hydrogen (secondary N) is 2. The van der Waals surface area contributed by atoms with Crippen molar-refractivity contribution in [1.29, 1.82) is 0 Å². The molecule has 3 heterocycles. The van der Waals surface area contributed by atoms with Crippen molar-refractivity contribution in [3.05, 3.63) is 119 Å². The van der Waals surface area contributed by atoms with Crippen LogP contribution in [-0.2, 0) is 11.2 Å². The second-order valence-electron chi connectivity index (χ2n) is 17.6. The second-order valence-corrected chi connectivity index (χ2v) is 17.6. The molecular weight excluding hydrogens is 737 g/mol. The number of phenols is 1. The third-order valence-electron chi connectivity index (χ3n) is 14.1. The van der Waals surface area contributed by atoms with Gasteiger partial charge in [0.1, 0.15) is 11.5 Å². The van der Waals surface area contributed by atoms with E-state index in [9.17, 15) is 14.7 Å². The predicted molar refractivity (Wildman–Crippen MR) is 234 cm³/mol. The molecule has 59 heavy (non-hydrogen) atoms. The summed E-state index contributed by atoms with van der Waals surface area (Å²) in [7, 11) is 1.64. The van der Waals surface area contributed by atoms with Gasteiger partial charge in [0.15, 0.2) is 0 Å². The highest BCUT2D eigenvalue weighted by atomic mass is 16.5. The molecule has 3 amide bonds. The van der Waals surface area contributed by atoms with Gasteiger partial charge >= 0.3 is 6.03 Å². The highest BCUT2D eigenvalue weighted by Gasteiger charge is 2.34. The number of carbonyl (C=O) groups excluding carboxylic acids is 2. The van der Waals surface area contributed by atoms with Gasteiger partial charge in [-0.1, -0.05) is 67.4 Å². The van der Waals surface area contributed by atoms with E-state index in [0.717, 1.165) is 76.7 Å². The molecule has 9 rings (SSSR count). The van der Waals surface area contributed by atoms with Crippen LogP contribution in [-0.4, -0.2) is 99.4 Å². The van der Waals surface area contributed by atoms with Crippen LogP contribution in [0, 0.1) is 11.8 Å². The number of aromatic hydroxyl groups is 1. The number of rotatable bonds is 10. The van der Waals surface area contributed by atoms with Crippen LogP contribution in [0.1, 0.15) is 84.2 Å². The molecule has 3 aliphatic heterocycles. The average Bonchev–Trinajstić information content (AvgIpc) is 3.27. The maximum atomic E-state index is 12.6. The smallest absolute Gasteiger partial charge is 0.328 e. The Balaban J connectivity index is 0.802. The average molecular weight is 797 g/mol. The summed E-state index contributed by atoms with van der Waals surface area (Å²) in [6, 6.07) is 32.3. The van der Waals surface area contributed by atoms with Crippen LogP contribution < -0.4 is 25.2 Å². The predicted octanol–water partition coefficient (Wildman–Crippen LogP) is 7.28. The summed E-state index contributed by atoms with van der Waals surface area (Å²) in [6.45, 7) is 9.94. The summed E-state index contributed by atoms with van der Waals surface area (Å²) < 4.78 is 5.77. The number of fused-ring (bicyclic) bond motifs is 1. The molecule has 4 fully saturated rings. The fraction of sp³-hybridized carbons (Fsp3) is 0.469. The Kier molecular flexibility index (Phi) is 11.9. The van der Waals surface area contributed by atoms with Crippen LogP contribution >= 0.6 is 0 Å². The second kappa shape index (κ2) is 17.8. The van der Waals surface area contributed by atoms with Gasteiger partial charge in [0, 0.05) is 89.5 Å². The number of imide groups is 1. The number of hydrogen-bond acceptors (Lipinski definition) is 8. The number of carbonyl (C=O) groups is 2. The van der Waals surface area contributed by atoms with Crippen molar-refractivity contribution in [2.45, 2.75) is 62.8 Å². The van der Waals surface area contributed by atoms with Crippen LogP contribution in [0.25, 0.3) is 0 Å². The number of urea groups is 1. The van der Waals surface area contributed by atoms with E-state index in [4.69, 9.17) is 4.74 Å². The Labute approximate surface area is 349 Å². The van der Waals surface area contributed by atoms with Gasteiger partial charge in [-0.15, -0.1) is 0 Å². The summed E-state index contributed by atoms with van der Waals surface area (Å²) >= 11 is 0. The molecule has 4 aromatic carbocycles. The normalized spacial score (nSPS) is 25.7.